The Morgan fingerprint density at radius 1 is 1.33 bits per heavy atom. The van der Waals surface area contributed by atoms with Gasteiger partial charge in [0, 0.05) is 18.5 Å². The van der Waals surface area contributed by atoms with Crippen LogP contribution in [-0.2, 0) is 7.05 Å². The van der Waals surface area contributed by atoms with Gasteiger partial charge in [-0.3, -0.25) is 4.79 Å². The summed E-state index contributed by atoms with van der Waals surface area (Å²) < 4.78 is 6.66. The van der Waals surface area contributed by atoms with Crippen LogP contribution in [0.1, 0.15) is 0 Å². The van der Waals surface area contributed by atoms with Crippen LogP contribution in [0.25, 0.3) is 10.9 Å². The molecule has 1 heterocycles. The fraction of sp³-hybridized carbons (Fsp3) is 0.182. The van der Waals surface area contributed by atoms with Crippen LogP contribution in [0.3, 0.4) is 0 Å². The molecule has 0 bridgehead atoms. The molecule has 0 aliphatic heterocycles. The van der Waals surface area contributed by atoms with E-state index in [1.54, 1.807) is 24.8 Å². The SMILES string of the molecule is COc1ccc2c(c1)c(Cl)cc(=O)n2C. The van der Waals surface area contributed by atoms with Crippen LogP contribution in [0.4, 0.5) is 0 Å². The predicted octanol–water partition coefficient (Wildman–Crippen LogP) is 2.20. The first-order chi connectivity index (χ1) is 7.13. The van der Waals surface area contributed by atoms with E-state index in [2.05, 4.69) is 0 Å². The zero-order chi connectivity index (χ0) is 11.0. The van der Waals surface area contributed by atoms with Gasteiger partial charge in [-0.2, -0.15) is 0 Å². The van der Waals surface area contributed by atoms with Gasteiger partial charge >= 0.3 is 0 Å². The minimum absolute atomic E-state index is 0.113. The minimum atomic E-state index is -0.113. The van der Waals surface area contributed by atoms with E-state index < -0.39 is 0 Å². The normalized spacial score (nSPS) is 10.6. The van der Waals surface area contributed by atoms with E-state index in [0.29, 0.717) is 5.02 Å². The second kappa shape index (κ2) is 3.59. The van der Waals surface area contributed by atoms with Crippen LogP contribution in [0, 0.1) is 0 Å². The first kappa shape index (κ1) is 10.1. The molecule has 0 aliphatic rings. The van der Waals surface area contributed by atoms with Crippen molar-refractivity contribution in [1.82, 2.24) is 4.57 Å². The number of aryl methyl sites for hydroxylation is 1. The predicted molar refractivity (Wildman–Crippen MR) is 60.8 cm³/mol. The highest BCUT2D eigenvalue weighted by Crippen LogP contribution is 2.25. The summed E-state index contributed by atoms with van der Waals surface area (Å²) in [7, 11) is 3.31. The maximum atomic E-state index is 11.5. The van der Waals surface area contributed by atoms with Crippen LogP contribution in [0.15, 0.2) is 29.1 Å². The number of methoxy groups -OCH3 is 1. The topological polar surface area (TPSA) is 31.2 Å². The fourth-order valence-corrected chi connectivity index (χ4v) is 1.77. The Morgan fingerprint density at radius 2 is 2.07 bits per heavy atom. The van der Waals surface area contributed by atoms with E-state index in [-0.39, 0.29) is 5.56 Å². The standard InChI is InChI=1S/C11H10ClNO2/c1-13-10-4-3-7(15-2)5-8(10)9(12)6-11(13)14/h3-6H,1-2H3. The molecule has 0 saturated carbocycles. The van der Waals surface area contributed by atoms with Crippen LogP contribution < -0.4 is 10.3 Å². The van der Waals surface area contributed by atoms with Gasteiger partial charge in [0.2, 0.25) is 0 Å². The largest absolute Gasteiger partial charge is 0.497 e. The molecule has 1 aromatic carbocycles. The van der Waals surface area contributed by atoms with Crippen LogP contribution >= 0.6 is 11.6 Å². The van der Waals surface area contributed by atoms with Crippen molar-refractivity contribution in [1.29, 1.82) is 0 Å². The summed E-state index contributed by atoms with van der Waals surface area (Å²) in [5.41, 5.74) is 0.686. The van der Waals surface area contributed by atoms with Gasteiger partial charge in [0.15, 0.2) is 0 Å². The number of hydrogen-bond donors (Lipinski definition) is 0. The van der Waals surface area contributed by atoms with E-state index in [1.807, 2.05) is 12.1 Å². The Balaban J connectivity index is 2.90. The fourth-order valence-electron chi connectivity index (χ4n) is 1.53. The minimum Gasteiger partial charge on any atom is -0.497 e. The Kier molecular flexibility index (Phi) is 2.40. The van der Waals surface area contributed by atoms with E-state index in [4.69, 9.17) is 16.3 Å². The molecule has 0 N–H and O–H groups in total. The molecule has 15 heavy (non-hydrogen) atoms. The van der Waals surface area contributed by atoms with E-state index in [0.717, 1.165) is 16.7 Å². The van der Waals surface area contributed by atoms with Crippen molar-refractivity contribution in [2.75, 3.05) is 7.11 Å². The average molecular weight is 224 g/mol. The number of ether oxygens (including phenoxy) is 1. The van der Waals surface area contributed by atoms with Crippen LogP contribution in [-0.4, -0.2) is 11.7 Å². The van der Waals surface area contributed by atoms with Gasteiger partial charge in [0.1, 0.15) is 5.75 Å². The first-order valence-corrected chi connectivity index (χ1v) is 4.84. The molecule has 0 fully saturated rings. The smallest absolute Gasteiger partial charge is 0.252 e. The number of aromatic nitrogens is 1. The number of benzene rings is 1. The number of nitrogens with zero attached hydrogens (tertiary/aromatic N) is 1. The number of pyridine rings is 1. The Morgan fingerprint density at radius 3 is 2.73 bits per heavy atom. The molecule has 78 valence electrons. The summed E-state index contributed by atoms with van der Waals surface area (Å²) in [6.07, 6.45) is 0. The van der Waals surface area contributed by atoms with Crippen molar-refractivity contribution in [3.63, 3.8) is 0 Å². The van der Waals surface area contributed by atoms with Crippen LogP contribution in [0.2, 0.25) is 5.02 Å². The van der Waals surface area contributed by atoms with Gasteiger partial charge in [-0.05, 0) is 18.2 Å². The lowest BCUT2D eigenvalue weighted by molar-refractivity contribution is 0.415. The second-order valence-electron chi connectivity index (χ2n) is 3.27. The van der Waals surface area contributed by atoms with Crippen molar-refractivity contribution in [3.8, 4) is 5.75 Å². The zero-order valence-corrected chi connectivity index (χ0v) is 9.21. The van der Waals surface area contributed by atoms with Crippen molar-refractivity contribution < 1.29 is 4.74 Å². The van der Waals surface area contributed by atoms with Gasteiger partial charge < -0.3 is 9.30 Å². The molecule has 2 aromatic rings. The lowest BCUT2D eigenvalue weighted by Crippen LogP contribution is -2.15. The molecule has 4 heteroatoms. The van der Waals surface area contributed by atoms with E-state index in [1.165, 1.54) is 6.07 Å². The van der Waals surface area contributed by atoms with Crippen molar-refractivity contribution in [3.05, 3.63) is 39.6 Å². The number of fused-ring (bicyclic) bond motifs is 1. The number of hydrogen-bond acceptors (Lipinski definition) is 2. The van der Waals surface area contributed by atoms with Crippen molar-refractivity contribution in [2.24, 2.45) is 7.05 Å². The summed E-state index contributed by atoms with van der Waals surface area (Å²) in [5.74, 6) is 0.725. The zero-order valence-electron chi connectivity index (χ0n) is 8.45. The molecular weight excluding hydrogens is 214 g/mol. The van der Waals surface area contributed by atoms with E-state index >= 15 is 0 Å². The molecule has 0 aliphatic carbocycles. The highest BCUT2D eigenvalue weighted by molar-refractivity contribution is 6.35. The van der Waals surface area contributed by atoms with Gasteiger partial charge in [-0.1, -0.05) is 11.6 Å². The van der Waals surface area contributed by atoms with Gasteiger partial charge in [0.05, 0.1) is 17.6 Å². The quantitative estimate of drug-likeness (QED) is 0.742. The second-order valence-corrected chi connectivity index (χ2v) is 3.68. The summed E-state index contributed by atoms with van der Waals surface area (Å²) >= 11 is 5.99. The average Bonchev–Trinajstić information content (AvgIpc) is 2.25. The van der Waals surface area contributed by atoms with E-state index in [9.17, 15) is 4.79 Å². The molecule has 1 aromatic heterocycles. The van der Waals surface area contributed by atoms with Gasteiger partial charge in [-0.25, -0.2) is 0 Å². The molecule has 0 unspecified atom stereocenters. The molecule has 0 radical (unpaired) electrons. The molecule has 2 rings (SSSR count). The maximum Gasteiger partial charge on any atom is 0.252 e. The Hall–Kier alpha value is -1.48. The lowest BCUT2D eigenvalue weighted by atomic mass is 10.2. The van der Waals surface area contributed by atoms with Crippen LogP contribution in [0.5, 0.6) is 5.75 Å². The Bertz CT molecular complexity index is 575. The molecule has 0 atom stereocenters. The highest BCUT2D eigenvalue weighted by Gasteiger charge is 2.05. The summed E-state index contributed by atoms with van der Waals surface area (Å²) in [5, 5.41) is 1.27. The Labute approximate surface area is 91.9 Å². The maximum absolute atomic E-state index is 11.5. The van der Waals surface area contributed by atoms with Gasteiger partial charge in [-0.15, -0.1) is 0 Å². The molecular formula is C11H10ClNO2. The lowest BCUT2D eigenvalue weighted by Gasteiger charge is -2.07. The monoisotopic (exact) mass is 223 g/mol. The summed E-state index contributed by atoms with van der Waals surface area (Å²) in [6, 6.07) is 6.85. The highest BCUT2D eigenvalue weighted by atomic mass is 35.5. The van der Waals surface area contributed by atoms with Gasteiger partial charge in [0.25, 0.3) is 5.56 Å². The third kappa shape index (κ3) is 1.59. The third-order valence-corrected chi connectivity index (χ3v) is 2.72. The first-order valence-electron chi connectivity index (χ1n) is 4.47. The third-order valence-electron chi connectivity index (χ3n) is 2.40. The summed E-state index contributed by atoms with van der Waals surface area (Å²) in [6.45, 7) is 0. The number of halogens is 1. The van der Waals surface area contributed by atoms with Crippen molar-refractivity contribution >= 4 is 22.5 Å². The molecule has 3 nitrogen and oxygen atoms in total. The molecule has 0 saturated heterocycles. The van der Waals surface area contributed by atoms with Crippen molar-refractivity contribution in [2.45, 2.75) is 0 Å². The molecule has 0 spiro atoms. The number of rotatable bonds is 1. The summed E-state index contributed by atoms with van der Waals surface area (Å²) in [4.78, 5) is 11.5. The molecule has 0 amide bonds.